The Morgan fingerprint density at radius 3 is 2.04 bits per heavy atom. The normalized spacial score (nSPS) is 10.8. The third-order valence-corrected chi connectivity index (χ3v) is 3.45. The Hall–Kier alpha value is -3.42. The average molecular weight is 371 g/mol. The van der Waals surface area contributed by atoms with Gasteiger partial charge in [-0.3, -0.25) is 20.2 Å². The number of nitrogens with one attached hydrogen (secondary N) is 2. The summed E-state index contributed by atoms with van der Waals surface area (Å²) in [6.45, 7) is 6.94. The molecule has 2 aromatic rings. The first kappa shape index (κ1) is 19.9. The van der Waals surface area contributed by atoms with Gasteiger partial charge in [-0.1, -0.05) is 0 Å². The lowest BCUT2D eigenvalue weighted by Gasteiger charge is -2.19. The van der Waals surface area contributed by atoms with Gasteiger partial charge in [0.25, 0.3) is 11.6 Å². The molecule has 0 unspecified atom stereocenters. The van der Waals surface area contributed by atoms with Crippen LogP contribution >= 0.6 is 0 Å². The lowest BCUT2D eigenvalue weighted by Crippen LogP contribution is -2.27. The van der Waals surface area contributed by atoms with E-state index >= 15 is 0 Å². The van der Waals surface area contributed by atoms with Gasteiger partial charge >= 0.3 is 6.09 Å². The van der Waals surface area contributed by atoms with Crippen LogP contribution in [0.4, 0.5) is 21.9 Å². The number of amides is 2. The van der Waals surface area contributed by atoms with Gasteiger partial charge in [-0.05, 0) is 63.6 Å². The van der Waals surface area contributed by atoms with E-state index in [0.717, 1.165) is 0 Å². The number of non-ortho nitro benzene ring substituents is 1. The topological polar surface area (TPSA) is 111 Å². The van der Waals surface area contributed by atoms with E-state index in [0.29, 0.717) is 22.5 Å². The van der Waals surface area contributed by atoms with Crippen LogP contribution in [0.1, 0.15) is 36.7 Å². The Morgan fingerprint density at radius 2 is 1.56 bits per heavy atom. The third kappa shape index (κ3) is 5.81. The van der Waals surface area contributed by atoms with Gasteiger partial charge < -0.3 is 10.1 Å². The van der Waals surface area contributed by atoms with Gasteiger partial charge in [0, 0.05) is 29.1 Å². The van der Waals surface area contributed by atoms with Crippen LogP contribution in [-0.4, -0.2) is 22.5 Å². The highest BCUT2D eigenvalue weighted by molar-refractivity contribution is 6.05. The number of hydrogen-bond donors (Lipinski definition) is 2. The van der Waals surface area contributed by atoms with Crippen LogP contribution < -0.4 is 10.6 Å². The van der Waals surface area contributed by atoms with Crippen molar-refractivity contribution in [1.82, 2.24) is 0 Å². The van der Waals surface area contributed by atoms with Gasteiger partial charge in [-0.15, -0.1) is 0 Å². The minimum atomic E-state index is -0.597. The Balaban J connectivity index is 2.03. The van der Waals surface area contributed by atoms with Crippen molar-refractivity contribution in [2.75, 3.05) is 10.6 Å². The fraction of sp³-hybridized carbons (Fsp3) is 0.263. The zero-order valence-electron chi connectivity index (χ0n) is 15.5. The van der Waals surface area contributed by atoms with Crippen LogP contribution in [0.3, 0.4) is 0 Å². The van der Waals surface area contributed by atoms with E-state index < -0.39 is 16.6 Å². The van der Waals surface area contributed by atoms with Crippen LogP contribution in [0.15, 0.2) is 42.5 Å². The summed E-state index contributed by atoms with van der Waals surface area (Å²) < 4.78 is 5.17. The number of carbonyl (C=O) groups is 2. The van der Waals surface area contributed by atoms with Crippen LogP contribution in [0.25, 0.3) is 0 Å². The number of rotatable bonds is 4. The molecule has 0 bridgehead atoms. The van der Waals surface area contributed by atoms with E-state index in [2.05, 4.69) is 10.6 Å². The Kier molecular flexibility index (Phi) is 5.79. The highest BCUT2D eigenvalue weighted by Crippen LogP contribution is 2.20. The molecule has 27 heavy (non-hydrogen) atoms. The van der Waals surface area contributed by atoms with Crippen molar-refractivity contribution in [1.29, 1.82) is 0 Å². The van der Waals surface area contributed by atoms with Crippen LogP contribution in [0, 0.1) is 17.0 Å². The molecule has 8 heteroatoms. The van der Waals surface area contributed by atoms with Crippen molar-refractivity contribution in [3.8, 4) is 0 Å². The summed E-state index contributed by atoms with van der Waals surface area (Å²) in [5, 5.41) is 16.1. The van der Waals surface area contributed by atoms with E-state index in [9.17, 15) is 19.7 Å². The molecule has 0 heterocycles. The van der Waals surface area contributed by atoms with Gasteiger partial charge in [0.05, 0.1) is 4.92 Å². The molecule has 0 aromatic heterocycles. The predicted octanol–water partition coefficient (Wildman–Crippen LogP) is 4.50. The lowest BCUT2D eigenvalue weighted by atomic mass is 10.1. The van der Waals surface area contributed by atoms with E-state index in [4.69, 9.17) is 4.74 Å². The summed E-state index contributed by atoms with van der Waals surface area (Å²) >= 11 is 0. The minimum absolute atomic E-state index is 0.0679. The summed E-state index contributed by atoms with van der Waals surface area (Å²) in [7, 11) is 0. The van der Waals surface area contributed by atoms with E-state index in [1.165, 1.54) is 18.2 Å². The maximum Gasteiger partial charge on any atom is 0.412 e. The molecule has 8 nitrogen and oxygen atoms in total. The van der Waals surface area contributed by atoms with Crippen LogP contribution in [-0.2, 0) is 4.74 Å². The number of anilines is 2. The number of benzene rings is 2. The van der Waals surface area contributed by atoms with Crippen molar-refractivity contribution < 1.29 is 19.2 Å². The minimum Gasteiger partial charge on any atom is -0.444 e. The largest absolute Gasteiger partial charge is 0.444 e. The molecule has 2 amide bonds. The number of aryl methyl sites for hydroxylation is 1. The monoisotopic (exact) mass is 371 g/mol. The molecule has 0 saturated heterocycles. The van der Waals surface area contributed by atoms with E-state index in [1.807, 2.05) is 0 Å². The zero-order valence-corrected chi connectivity index (χ0v) is 15.5. The van der Waals surface area contributed by atoms with Crippen LogP contribution in [0.5, 0.6) is 0 Å². The molecule has 0 aliphatic carbocycles. The Labute approximate surface area is 156 Å². The predicted molar refractivity (Wildman–Crippen MR) is 102 cm³/mol. The second-order valence-electron chi connectivity index (χ2n) is 6.91. The van der Waals surface area contributed by atoms with Gasteiger partial charge in [-0.2, -0.15) is 0 Å². The summed E-state index contributed by atoms with van der Waals surface area (Å²) in [5.74, 6) is -0.379. The molecule has 0 aliphatic rings. The van der Waals surface area contributed by atoms with E-state index in [1.54, 1.807) is 52.0 Å². The van der Waals surface area contributed by atoms with Crippen molar-refractivity contribution in [2.24, 2.45) is 0 Å². The van der Waals surface area contributed by atoms with Crippen molar-refractivity contribution in [3.63, 3.8) is 0 Å². The third-order valence-electron chi connectivity index (χ3n) is 3.45. The first-order chi connectivity index (χ1) is 12.5. The molecule has 0 saturated carbocycles. The quantitative estimate of drug-likeness (QED) is 0.607. The molecular formula is C19H21N3O5. The van der Waals surface area contributed by atoms with E-state index in [-0.39, 0.29) is 11.6 Å². The first-order valence-corrected chi connectivity index (χ1v) is 8.21. The van der Waals surface area contributed by atoms with Gasteiger partial charge in [0.2, 0.25) is 0 Å². The smallest absolute Gasteiger partial charge is 0.412 e. The second-order valence-corrected chi connectivity index (χ2v) is 6.91. The van der Waals surface area contributed by atoms with Crippen molar-refractivity contribution in [3.05, 3.63) is 63.7 Å². The van der Waals surface area contributed by atoms with Gasteiger partial charge in [-0.25, -0.2) is 4.79 Å². The standard InChI is InChI=1S/C19H21N3O5/c1-12-11-15(22(25)26)9-10-16(12)17(23)20-13-5-7-14(8-6-13)21-18(24)27-19(2,3)4/h5-11H,1-4H3,(H,20,23)(H,21,24). The summed E-state index contributed by atoms with van der Waals surface area (Å²) in [5.41, 5.74) is 1.23. The summed E-state index contributed by atoms with van der Waals surface area (Å²) in [6.07, 6.45) is -0.569. The molecule has 0 radical (unpaired) electrons. The molecular weight excluding hydrogens is 350 g/mol. The molecule has 142 valence electrons. The second kappa shape index (κ2) is 7.86. The number of nitro benzene ring substituents is 1. The number of nitro groups is 1. The average Bonchev–Trinajstić information content (AvgIpc) is 2.54. The lowest BCUT2D eigenvalue weighted by molar-refractivity contribution is -0.384. The zero-order chi connectivity index (χ0) is 20.2. The number of hydrogen-bond acceptors (Lipinski definition) is 5. The Morgan fingerprint density at radius 1 is 1.00 bits per heavy atom. The molecule has 0 fully saturated rings. The van der Waals surface area contributed by atoms with Gasteiger partial charge in [0.15, 0.2) is 0 Å². The molecule has 2 N–H and O–H groups in total. The van der Waals surface area contributed by atoms with Crippen molar-refractivity contribution in [2.45, 2.75) is 33.3 Å². The Bertz CT molecular complexity index is 870. The highest BCUT2D eigenvalue weighted by Gasteiger charge is 2.16. The number of nitrogens with zero attached hydrogens (tertiary/aromatic N) is 1. The number of ether oxygens (including phenoxy) is 1. The molecule has 2 rings (SSSR count). The molecule has 0 atom stereocenters. The summed E-state index contributed by atoms with van der Waals surface area (Å²) in [4.78, 5) is 34.4. The van der Waals surface area contributed by atoms with Gasteiger partial charge in [0.1, 0.15) is 5.60 Å². The highest BCUT2D eigenvalue weighted by atomic mass is 16.6. The fourth-order valence-electron chi connectivity index (χ4n) is 2.27. The fourth-order valence-corrected chi connectivity index (χ4v) is 2.27. The molecule has 0 spiro atoms. The maximum atomic E-state index is 12.4. The molecule has 2 aromatic carbocycles. The van der Waals surface area contributed by atoms with Crippen LogP contribution in [0.2, 0.25) is 0 Å². The van der Waals surface area contributed by atoms with Crippen molar-refractivity contribution >= 4 is 29.1 Å². The number of carbonyl (C=O) groups excluding carboxylic acids is 2. The first-order valence-electron chi connectivity index (χ1n) is 8.21. The summed E-state index contributed by atoms with van der Waals surface area (Å²) in [6, 6.07) is 10.6. The molecule has 0 aliphatic heterocycles. The SMILES string of the molecule is Cc1cc([N+](=O)[O-])ccc1C(=O)Nc1ccc(NC(=O)OC(C)(C)C)cc1. The maximum absolute atomic E-state index is 12.4.